The van der Waals surface area contributed by atoms with Gasteiger partial charge < -0.3 is 19.6 Å². The third-order valence-electron chi connectivity index (χ3n) is 5.25. The lowest BCUT2D eigenvalue weighted by Crippen LogP contribution is -2.50. The molecular weight excluding hydrogens is 316 g/mol. The van der Waals surface area contributed by atoms with Gasteiger partial charge in [0, 0.05) is 52.0 Å². The van der Waals surface area contributed by atoms with Crippen molar-refractivity contribution >= 4 is 5.82 Å². The molecule has 2 aliphatic rings. The van der Waals surface area contributed by atoms with E-state index in [2.05, 4.69) is 31.8 Å². The Morgan fingerprint density at radius 1 is 1.08 bits per heavy atom. The van der Waals surface area contributed by atoms with Crippen LogP contribution in [0, 0.1) is 5.92 Å². The molecule has 0 saturated carbocycles. The molecule has 0 bridgehead atoms. The highest BCUT2D eigenvalue weighted by Crippen LogP contribution is 2.19. The highest BCUT2D eigenvalue weighted by Gasteiger charge is 2.24. The lowest BCUT2D eigenvalue weighted by Gasteiger charge is -2.39. The van der Waals surface area contributed by atoms with E-state index < -0.39 is 0 Å². The number of aromatic nitrogens is 1. The number of ether oxygens (including phenoxy) is 1. The van der Waals surface area contributed by atoms with Crippen molar-refractivity contribution in [1.82, 2.24) is 14.8 Å². The van der Waals surface area contributed by atoms with Gasteiger partial charge in [-0.2, -0.15) is 0 Å². The number of hydrogen-bond donors (Lipinski definition) is 1. The van der Waals surface area contributed by atoms with Crippen LogP contribution in [0.15, 0.2) is 24.4 Å². The number of nitrogens with zero attached hydrogens (tertiary/aromatic N) is 4. The second-order valence-corrected chi connectivity index (χ2v) is 7.12. The fourth-order valence-electron chi connectivity index (χ4n) is 3.93. The van der Waals surface area contributed by atoms with E-state index in [1.165, 1.54) is 32.5 Å². The van der Waals surface area contributed by atoms with E-state index in [0.29, 0.717) is 6.61 Å². The van der Waals surface area contributed by atoms with Crippen LogP contribution in [0.1, 0.15) is 12.8 Å². The number of piperazine rings is 1. The quantitative estimate of drug-likeness (QED) is 0.705. The zero-order valence-corrected chi connectivity index (χ0v) is 15.2. The summed E-state index contributed by atoms with van der Waals surface area (Å²) in [5.74, 6) is 1.88. The van der Waals surface area contributed by atoms with Crippen LogP contribution >= 0.6 is 0 Å². The molecule has 2 saturated heterocycles. The first-order chi connectivity index (χ1) is 12.3. The maximum absolute atomic E-state index is 8.77. The number of pyridine rings is 1. The Hall–Kier alpha value is -1.21. The highest BCUT2D eigenvalue weighted by atomic mass is 16.5. The highest BCUT2D eigenvalue weighted by molar-refractivity contribution is 5.38. The third kappa shape index (κ3) is 5.92. The summed E-state index contributed by atoms with van der Waals surface area (Å²) in [7, 11) is 0. The Labute approximate surface area is 151 Å². The summed E-state index contributed by atoms with van der Waals surface area (Å²) in [5.41, 5.74) is 0. The van der Waals surface area contributed by atoms with Gasteiger partial charge in [0.15, 0.2) is 0 Å². The van der Waals surface area contributed by atoms with E-state index in [1.54, 1.807) is 0 Å². The monoisotopic (exact) mass is 348 g/mol. The van der Waals surface area contributed by atoms with Gasteiger partial charge in [0.25, 0.3) is 0 Å². The molecule has 140 valence electrons. The fraction of sp³-hybridized carbons (Fsp3) is 0.737. The Morgan fingerprint density at radius 3 is 2.72 bits per heavy atom. The molecule has 3 heterocycles. The Bertz CT molecular complexity index is 480. The molecule has 1 aromatic rings. The van der Waals surface area contributed by atoms with Crippen molar-refractivity contribution in [3.8, 4) is 0 Å². The minimum absolute atomic E-state index is 0.118. The number of likely N-dealkylation sites (tertiary alicyclic amines) is 1. The van der Waals surface area contributed by atoms with Crippen LogP contribution in [0.4, 0.5) is 5.82 Å². The summed E-state index contributed by atoms with van der Waals surface area (Å²) in [4.78, 5) is 12.0. The molecule has 3 rings (SSSR count). The zero-order valence-electron chi connectivity index (χ0n) is 15.2. The van der Waals surface area contributed by atoms with Gasteiger partial charge in [0.1, 0.15) is 5.82 Å². The largest absolute Gasteiger partial charge is 0.394 e. The lowest BCUT2D eigenvalue weighted by molar-refractivity contribution is 0.0577. The molecule has 6 heteroatoms. The van der Waals surface area contributed by atoms with Crippen LogP contribution in [0.5, 0.6) is 0 Å². The maximum atomic E-state index is 8.77. The van der Waals surface area contributed by atoms with Crippen LogP contribution in [-0.4, -0.2) is 92.1 Å². The molecule has 0 spiro atoms. The predicted molar refractivity (Wildman–Crippen MR) is 100.0 cm³/mol. The number of aliphatic hydroxyl groups excluding tert-OH is 1. The van der Waals surface area contributed by atoms with E-state index in [4.69, 9.17) is 9.84 Å². The number of hydrogen-bond acceptors (Lipinski definition) is 6. The Morgan fingerprint density at radius 2 is 1.96 bits per heavy atom. The maximum Gasteiger partial charge on any atom is 0.128 e. The first-order valence-electron chi connectivity index (χ1n) is 9.64. The van der Waals surface area contributed by atoms with E-state index in [0.717, 1.165) is 51.1 Å². The molecule has 0 aliphatic carbocycles. The average Bonchev–Trinajstić information content (AvgIpc) is 2.67. The molecule has 0 radical (unpaired) electrons. The molecular formula is C19H32N4O2. The van der Waals surface area contributed by atoms with Gasteiger partial charge in [0.05, 0.1) is 19.8 Å². The normalized spacial score (nSPS) is 23.1. The number of piperidine rings is 1. The Balaban J connectivity index is 1.37. The summed E-state index contributed by atoms with van der Waals surface area (Å²) in [5, 5.41) is 8.77. The summed E-state index contributed by atoms with van der Waals surface area (Å²) < 4.78 is 5.41. The zero-order chi connectivity index (χ0) is 17.3. The van der Waals surface area contributed by atoms with Crippen molar-refractivity contribution < 1.29 is 9.84 Å². The molecule has 0 amide bonds. The SMILES string of the molecule is OCCOCCN1CCCC(CN2CCN(c3ccccn3)CC2)C1. The third-order valence-corrected chi connectivity index (χ3v) is 5.25. The van der Waals surface area contributed by atoms with Gasteiger partial charge in [-0.05, 0) is 37.4 Å². The van der Waals surface area contributed by atoms with Gasteiger partial charge in [0.2, 0.25) is 0 Å². The minimum Gasteiger partial charge on any atom is -0.394 e. The number of anilines is 1. The number of aliphatic hydroxyl groups is 1. The number of rotatable bonds is 8. The second kappa shape index (κ2) is 10.1. The van der Waals surface area contributed by atoms with E-state index in [9.17, 15) is 0 Å². The minimum atomic E-state index is 0.118. The molecule has 25 heavy (non-hydrogen) atoms. The molecule has 1 N–H and O–H groups in total. The summed E-state index contributed by atoms with van der Waals surface area (Å²) >= 11 is 0. The lowest BCUT2D eigenvalue weighted by atomic mass is 9.97. The van der Waals surface area contributed by atoms with Crippen LogP contribution in [0.3, 0.4) is 0 Å². The molecule has 1 atom stereocenters. The smallest absolute Gasteiger partial charge is 0.128 e. The Kier molecular flexibility index (Phi) is 7.48. The average molecular weight is 348 g/mol. The summed E-state index contributed by atoms with van der Waals surface area (Å²) in [6, 6.07) is 6.15. The van der Waals surface area contributed by atoms with Crippen molar-refractivity contribution in [3.05, 3.63) is 24.4 Å². The van der Waals surface area contributed by atoms with Crippen molar-refractivity contribution in [2.75, 3.05) is 77.1 Å². The van der Waals surface area contributed by atoms with Crippen molar-refractivity contribution in [2.24, 2.45) is 5.92 Å². The first-order valence-corrected chi connectivity index (χ1v) is 9.64. The van der Waals surface area contributed by atoms with Crippen LogP contribution in [0.2, 0.25) is 0 Å². The first kappa shape index (κ1) is 18.6. The van der Waals surface area contributed by atoms with E-state index in [1.807, 2.05) is 12.3 Å². The molecule has 0 aromatic carbocycles. The standard InChI is InChI=1S/C19H32N4O2/c24-13-15-25-14-12-21-7-3-4-18(16-21)17-22-8-10-23(11-9-22)19-5-1-2-6-20-19/h1-2,5-6,18,24H,3-4,7-17H2. The van der Waals surface area contributed by atoms with E-state index >= 15 is 0 Å². The summed E-state index contributed by atoms with van der Waals surface area (Å²) in [6.45, 7) is 10.3. The fourth-order valence-corrected chi connectivity index (χ4v) is 3.93. The van der Waals surface area contributed by atoms with Gasteiger partial charge in [-0.25, -0.2) is 4.98 Å². The van der Waals surface area contributed by atoms with E-state index in [-0.39, 0.29) is 6.61 Å². The molecule has 6 nitrogen and oxygen atoms in total. The van der Waals surface area contributed by atoms with Crippen molar-refractivity contribution in [3.63, 3.8) is 0 Å². The van der Waals surface area contributed by atoms with Crippen molar-refractivity contribution in [2.45, 2.75) is 12.8 Å². The molecule has 2 aliphatic heterocycles. The van der Waals surface area contributed by atoms with Gasteiger partial charge in [-0.3, -0.25) is 4.90 Å². The molecule has 1 unspecified atom stereocenters. The van der Waals surface area contributed by atoms with Crippen molar-refractivity contribution in [1.29, 1.82) is 0 Å². The van der Waals surface area contributed by atoms with Crippen LogP contribution in [0.25, 0.3) is 0 Å². The molecule has 2 fully saturated rings. The second-order valence-electron chi connectivity index (χ2n) is 7.12. The van der Waals surface area contributed by atoms with Gasteiger partial charge in [-0.1, -0.05) is 6.07 Å². The van der Waals surface area contributed by atoms with Gasteiger partial charge >= 0.3 is 0 Å². The predicted octanol–water partition coefficient (Wildman–Crippen LogP) is 0.925. The van der Waals surface area contributed by atoms with Gasteiger partial charge in [-0.15, -0.1) is 0 Å². The molecule has 1 aromatic heterocycles. The van der Waals surface area contributed by atoms with Crippen LogP contribution < -0.4 is 4.90 Å². The van der Waals surface area contributed by atoms with Crippen LogP contribution in [-0.2, 0) is 4.74 Å². The summed E-state index contributed by atoms with van der Waals surface area (Å²) in [6.07, 6.45) is 4.51. The topological polar surface area (TPSA) is 52.1 Å².